The number of H-pyrrole nitrogens is 1. The summed E-state index contributed by atoms with van der Waals surface area (Å²) in [5.74, 6) is -1.84. The zero-order valence-electron chi connectivity index (χ0n) is 15.3. The second-order valence-electron chi connectivity index (χ2n) is 6.39. The molecule has 0 spiro atoms. The molecule has 0 unspecified atom stereocenters. The van der Waals surface area contributed by atoms with Crippen LogP contribution in [0.2, 0.25) is 0 Å². The van der Waals surface area contributed by atoms with Crippen LogP contribution in [0.25, 0.3) is 0 Å². The molecule has 8 heteroatoms. The van der Waals surface area contributed by atoms with Crippen LogP contribution >= 0.6 is 0 Å². The average Bonchev–Trinajstić information content (AvgIpc) is 2.98. The fourth-order valence-corrected chi connectivity index (χ4v) is 2.07. The number of aliphatic hydroxyl groups is 1. The maximum absolute atomic E-state index is 12.4. The Kier molecular flexibility index (Phi) is 8.05. The Morgan fingerprint density at radius 1 is 1.23 bits per heavy atom. The average molecular weight is 367 g/mol. The van der Waals surface area contributed by atoms with Crippen LogP contribution in [0.1, 0.15) is 53.6 Å². The lowest BCUT2D eigenvalue weighted by Crippen LogP contribution is -2.25. The quantitative estimate of drug-likeness (QED) is 0.388. The molecular formula is C18H25NO7. The molecule has 8 nitrogen and oxygen atoms in total. The first kappa shape index (κ1) is 21.4. The number of aromatic nitrogens is 1. The van der Waals surface area contributed by atoms with E-state index in [-0.39, 0.29) is 43.9 Å². The predicted octanol–water partition coefficient (Wildman–Crippen LogP) is 1.78. The van der Waals surface area contributed by atoms with E-state index in [1.165, 1.54) is 12.3 Å². The van der Waals surface area contributed by atoms with Crippen LogP contribution in [0.4, 0.5) is 0 Å². The molecule has 0 bridgehead atoms. The van der Waals surface area contributed by atoms with Crippen molar-refractivity contribution >= 4 is 17.9 Å². The molecule has 0 aromatic carbocycles. The number of carbonyl (C=O) groups is 3. The van der Waals surface area contributed by atoms with E-state index in [1.54, 1.807) is 20.8 Å². The zero-order valence-corrected chi connectivity index (χ0v) is 15.3. The predicted molar refractivity (Wildman–Crippen MR) is 92.8 cm³/mol. The minimum absolute atomic E-state index is 0.0399. The van der Waals surface area contributed by atoms with Crippen LogP contribution in [0.15, 0.2) is 18.9 Å². The van der Waals surface area contributed by atoms with Gasteiger partial charge >= 0.3 is 17.9 Å². The van der Waals surface area contributed by atoms with E-state index >= 15 is 0 Å². The molecule has 0 amide bonds. The monoisotopic (exact) mass is 367 g/mol. The summed E-state index contributed by atoms with van der Waals surface area (Å²) in [6, 6.07) is 0. The molecule has 0 saturated carbocycles. The first-order valence-corrected chi connectivity index (χ1v) is 8.17. The lowest BCUT2D eigenvalue weighted by Gasteiger charge is -2.19. The molecule has 0 aliphatic heterocycles. The lowest BCUT2D eigenvalue weighted by atomic mass is 10.0. The number of hydrogen-bond acceptors (Lipinski definition) is 7. The highest BCUT2D eigenvalue weighted by molar-refractivity contribution is 5.97. The van der Waals surface area contributed by atoms with E-state index < -0.39 is 23.5 Å². The van der Waals surface area contributed by atoms with Crippen LogP contribution in [-0.2, 0) is 25.4 Å². The minimum Gasteiger partial charge on any atom is -0.461 e. The number of carbonyl (C=O) groups excluding carboxylic acids is 3. The summed E-state index contributed by atoms with van der Waals surface area (Å²) < 4.78 is 15.1. The van der Waals surface area contributed by atoms with E-state index in [2.05, 4.69) is 11.6 Å². The van der Waals surface area contributed by atoms with Crippen LogP contribution in [0, 0.1) is 0 Å². The molecule has 0 aliphatic carbocycles. The smallest absolute Gasteiger partial charge is 0.355 e. The van der Waals surface area contributed by atoms with E-state index in [1.807, 2.05) is 0 Å². The Labute approximate surface area is 152 Å². The van der Waals surface area contributed by atoms with Crippen molar-refractivity contribution in [3.8, 4) is 0 Å². The SMILES string of the molecule is C=CCOC(=O)CCc1c(C(=O)OCCO)c[nH]c1C(=O)OC(C)(C)C. The van der Waals surface area contributed by atoms with Crippen molar-refractivity contribution in [2.24, 2.45) is 0 Å². The molecule has 1 aromatic heterocycles. The van der Waals surface area contributed by atoms with Gasteiger partial charge in [0.1, 0.15) is 24.5 Å². The first-order chi connectivity index (χ1) is 12.2. The highest BCUT2D eigenvalue weighted by atomic mass is 16.6. The largest absolute Gasteiger partial charge is 0.461 e. The van der Waals surface area contributed by atoms with Crippen LogP contribution in [0.3, 0.4) is 0 Å². The maximum Gasteiger partial charge on any atom is 0.355 e. The highest BCUT2D eigenvalue weighted by Gasteiger charge is 2.26. The minimum atomic E-state index is -0.722. The molecule has 0 saturated heterocycles. The van der Waals surface area contributed by atoms with Gasteiger partial charge in [-0.1, -0.05) is 12.7 Å². The van der Waals surface area contributed by atoms with Gasteiger partial charge in [-0.25, -0.2) is 9.59 Å². The molecule has 1 heterocycles. The van der Waals surface area contributed by atoms with Crippen molar-refractivity contribution < 1.29 is 33.7 Å². The number of esters is 3. The first-order valence-electron chi connectivity index (χ1n) is 8.17. The number of aromatic amines is 1. The highest BCUT2D eigenvalue weighted by Crippen LogP contribution is 2.21. The van der Waals surface area contributed by atoms with Gasteiger partial charge in [0.15, 0.2) is 0 Å². The van der Waals surface area contributed by atoms with Gasteiger partial charge in [-0.2, -0.15) is 0 Å². The van der Waals surface area contributed by atoms with E-state index in [4.69, 9.17) is 19.3 Å². The summed E-state index contributed by atoms with van der Waals surface area (Å²) in [5.41, 5.74) is -0.235. The van der Waals surface area contributed by atoms with Crippen LogP contribution < -0.4 is 0 Å². The lowest BCUT2D eigenvalue weighted by molar-refractivity contribution is -0.142. The van der Waals surface area contributed by atoms with E-state index in [0.29, 0.717) is 5.56 Å². The molecule has 0 atom stereocenters. The third-order valence-electron chi connectivity index (χ3n) is 3.08. The molecule has 1 rings (SSSR count). The second kappa shape index (κ2) is 9.76. The van der Waals surface area contributed by atoms with E-state index in [9.17, 15) is 14.4 Å². The number of nitrogens with one attached hydrogen (secondary N) is 1. The molecule has 2 N–H and O–H groups in total. The summed E-state index contributed by atoms with van der Waals surface area (Å²) in [6.45, 7) is 8.20. The molecule has 0 fully saturated rings. The number of hydrogen-bond donors (Lipinski definition) is 2. The molecule has 1 aromatic rings. The Balaban J connectivity index is 3.03. The third kappa shape index (κ3) is 6.72. The Morgan fingerprint density at radius 3 is 2.50 bits per heavy atom. The fraction of sp³-hybridized carbons (Fsp3) is 0.500. The summed E-state index contributed by atoms with van der Waals surface area (Å²) >= 11 is 0. The van der Waals surface area contributed by atoms with Crippen molar-refractivity contribution in [3.05, 3.63) is 35.7 Å². The summed E-state index contributed by atoms with van der Waals surface area (Å²) in [4.78, 5) is 38.9. The van der Waals surface area contributed by atoms with Gasteiger partial charge in [0.05, 0.1) is 12.2 Å². The normalized spacial score (nSPS) is 10.9. The van der Waals surface area contributed by atoms with Crippen molar-refractivity contribution in [2.75, 3.05) is 19.8 Å². The van der Waals surface area contributed by atoms with Gasteiger partial charge in [0.2, 0.25) is 0 Å². The van der Waals surface area contributed by atoms with Gasteiger partial charge in [-0.3, -0.25) is 4.79 Å². The molecule has 26 heavy (non-hydrogen) atoms. The van der Waals surface area contributed by atoms with Gasteiger partial charge in [0, 0.05) is 12.6 Å². The van der Waals surface area contributed by atoms with Crippen molar-refractivity contribution in [1.82, 2.24) is 4.98 Å². The standard InChI is InChI=1S/C18H25NO7/c1-5-9-24-14(21)7-6-12-13(16(22)25-10-8-20)11-19-15(12)17(23)26-18(2,3)4/h5,11,19-20H,1,6-10H2,2-4H3. The number of ether oxygens (including phenoxy) is 3. The summed E-state index contributed by atoms with van der Waals surface area (Å²) in [5, 5.41) is 8.78. The van der Waals surface area contributed by atoms with Crippen LogP contribution in [-0.4, -0.2) is 53.4 Å². The van der Waals surface area contributed by atoms with Gasteiger partial charge in [0.25, 0.3) is 0 Å². The maximum atomic E-state index is 12.4. The fourth-order valence-electron chi connectivity index (χ4n) is 2.07. The molecule has 0 radical (unpaired) electrons. The molecule has 0 aliphatic rings. The number of aliphatic hydroxyl groups excluding tert-OH is 1. The van der Waals surface area contributed by atoms with Crippen molar-refractivity contribution in [3.63, 3.8) is 0 Å². The van der Waals surface area contributed by atoms with Crippen molar-refractivity contribution in [2.45, 2.75) is 39.2 Å². The van der Waals surface area contributed by atoms with Gasteiger partial charge in [-0.05, 0) is 32.8 Å². The Bertz CT molecular complexity index is 655. The Morgan fingerprint density at radius 2 is 1.92 bits per heavy atom. The molecular weight excluding hydrogens is 342 g/mol. The Hall–Kier alpha value is -2.61. The van der Waals surface area contributed by atoms with Crippen molar-refractivity contribution in [1.29, 1.82) is 0 Å². The summed E-state index contributed by atoms with van der Waals surface area (Å²) in [6.07, 6.45) is 2.81. The third-order valence-corrected chi connectivity index (χ3v) is 3.08. The van der Waals surface area contributed by atoms with Gasteiger partial charge in [-0.15, -0.1) is 0 Å². The van der Waals surface area contributed by atoms with Crippen LogP contribution in [0.5, 0.6) is 0 Å². The second-order valence-corrected chi connectivity index (χ2v) is 6.39. The van der Waals surface area contributed by atoms with Gasteiger partial charge < -0.3 is 24.3 Å². The molecule has 144 valence electrons. The zero-order chi connectivity index (χ0) is 19.7. The number of rotatable bonds is 9. The van der Waals surface area contributed by atoms with E-state index in [0.717, 1.165) is 0 Å². The summed E-state index contributed by atoms with van der Waals surface area (Å²) in [7, 11) is 0. The topological polar surface area (TPSA) is 115 Å².